The van der Waals surface area contributed by atoms with E-state index in [1.54, 1.807) is 17.0 Å². The maximum atomic E-state index is 12.6. The summed E-state index contributed by atoms with van der Waals surface area (Å²) < 4.78 is 5.27. The predicted molar refractivity (Wildman–Crippen MR) is 72.7 cm³/mol. The van der Waals surface area contributed by atoms with Gasteiger partial charge >= 0.3 is 0 Å². The molecule has 0 radical (unpaired) electrons. The van der Waals surface area contributed by atoms with E-state index in [1.807, 2.05) is 6.92 Å². The molecule has 0 unspecified atom stereocenters. The van der Waals surface area contributed by atoms with E-state index in [1.165, 1.54) is 6.07 Å². The van der Waals surface area contributed by atoms with Gasteiger partial charge < -0.3 is 9.64 Å². The molecule has 20 heavy (non-hydrogen) atoms. The third kappa shape index (κ3) is 2.06. The maximum absolute atomic E-state index is 12.6. The molecule has 0 bridgehead atoms. The van der Waals surface area contributed by atoms with Crippen molar-refractivity contribution < 1.29 is 14.5 Å². The fraction of sp³-hybridized carbons (Fsp3) is 0.500. The number of carbonyl (C=O) groups excluding carboxylic acids is 1. The van der Waals surface area contributed by atoms with Gasteiger partial charge in [0.15, 0.2) is 0 Å². The lowest BCUT2D eigenvalue weighted by Gasteiger charge is -2.25. The molecule has 106 valence electrons. The standard InChI is InChI=1S/C14H16N2O4/c1-9-6-11-7-12(16(18)19)2-3-13(11)15(9)14(17)10-4-5-20-8-10/h2-3,7,9-10H,4-6,8H2,1H3/t9-,10+/m0/s1. The van der Waals surface area contributed by atoms with Crippen molar-refractivity contribution in [3.63, 3.8) is 0 Å². The molecule has 1 amide bonds. The molecule has 3 rings (SSSR count). The van der Waals surface area contributed by atoms with Gasteiger partial charge in [-0.15, -0.1) is 0 Å². The van der Waals surface area contributed by atoms with Crippen LogP contribution in [0.1, 0.15) is 18.9 Å². The molecule has 1 fully saturated rings. The van der Waals surface area contributed by atoms with E-state index in [0.717, 1.165) is 17.7 Å². The smallest absolute Gasteiger partial charge is 0.269 e. The maximum Gasteiger partial charge on any atom is 0.269 e. The van der Waals surface area contributed by atoms with Gasteiger partial charge in [0.2, 0.25) is 5.91 Å². The van der Waals surface area contributed by atoms with Gasteiger partial charge in [0.1, 0.15) is 0 Å². The Morgan fingerprint density at radius 3 is 2.95 bits per heavy atom. The van der Waals surface area contributed by atoms with Crippen molar-refractivity contribution in [2.45, 2.75) is 25.8 Å². The van der Waals surface area contributed by atoms with Crippen molar-refractivity contribution in [2.75, 3.05) is 18.1 Å². The van der Waals surface area contributed by atoms with Gasteiger partial charge in [-0.3, -0.25) is 14.9 Å². The zero-order valence-electron chi connectivity index (χ0n) is 11.2. The van der Waals surface area contributed by atoms with Crippen LogP contribution in [0.15, 0.2) is 18.2 Å². The minimum Gasteiger partial charge on any atom is -0.381 e. The number of nitro benzene ring substituents is 1. The highest BCUT2D eigenvalue weighted by atomic mass is 16.6. The van der Waals surface area contributed by atoms with E-state index in [2.05, 4.69) is 0 Å². The lowest BCUT2D eigenvalue weighted by molar-refractivity contribution is -0.384. The number of nitrogens with zero attached hydrogens (tertiary/aromatic N) is 2. The Morgan fingerprint density at radius 2 is 2.30 bits per heavy atom. The molecule has 0 N–H and O–H groups in total. The van der Waals surface area contributed by atoms with Crippen LogP contribution >= 0.6 is 0 Å². The summed E-state index contributed by atoms with van der Waals surface area (Å²) in [6.45, 7) is 3.08. The molecule has 2 heterocycles. The fourth-order valence-corrected chi connectivity index (χ4v) is 2.99. The average Bonchev–Trinajstić information content (AvgIpc) is 3.03. The number of carbonyl (C=O) groups is 1. The van der Waals surface area contributed by atoms with Crippen molar-refractivity contribution in [1.29, 1.82) is 0 Å². The number of fused-ring (bicyclic) bond motifs is 1. The molecular weight excluding hydrogens is 260 g/mol. The number of nitro groups is 1. The number of hydrogen-bond donors (Lipinski definition) is 0. The van der Waals surface area contributed by atoms with E-state index in [9.17, 15) is 14.9 Å². The quantitative estimate of drug-likeness (QED) is 0.611. The van der Waals surface area contributed by atoms with Gasteiger partial charge in [0, 0.05) is 30.5 Å². The molecular formula is C14H16N2O4. The number of rotatable bonds is 2. The number of anilines is 1. The second kappa shape index (κ2) is 4.86. The highest BCUT2D eigenvalue weighted by Gasteiger charge is 2.36. The molecule has 0 spiro atoms. The number of non-ortho nitro benzene ring substituents is 1. The van der Waals surface area contributed by atoms with Crippen molar-refractivity contribution in [3.05, 3.63) is 33.9 Å². The van der Waals surface area contributed by atoms with Crippen LogP contribution in [0.5, 0.6) is 0 Å². The van der Waals surface area contributed by atoms with Crippen LogP contribution in [0.3, 0.4) is 0 Å². The summed E-state index contributed by atoms with van der Waals surface area (Å²) in [7, 11) is 0. The van der Waals surface area contributed by atoms with Crippen LogP contribution in [0, 0.1) is 16.0 Å². The first-order valence-corrected chi connectivity index (χ1v) is 6.76. The van der Waals surface area contributed by atoms with Crippen molar-refractivity contribution >= 4 is 17.3 Å². The van der Waals surface area contributed by atoms with Crippen LogP contribution in [0.25, 0.3) is 0 Å². The Hall–Kier alpha value is -1.95. The number of hydrogen-bond acceptors (Lipinski definition) is 4. The number of amides is 1. The van der Waals surface area contributed by atoms with Gasteiger partial charge in [-0.2, -0.15) is 0 Å². The van der Waals surface area contributed by atoms with Gasteiger partial charge in [0.05, 0.1) is 17.4 Å². The van der Waals surface area contributed by atoms with Crippen molar-refractivity contribution in [2.24, 2.45) is 5.92 Å². The lowest BCUT2D eigenvalue weighted by Crippen LogP contribution is -2.40. The lowest BCUT2D eigenvalue weighted by atomic mass is 10.1. The van der Waals surface area contributed by atoms with E-state index in [4.69, 9.17) is 4.74 Å². The third-order valence-corrected chi connectivity index (χ3v) is 4.01. The molecule has 2 aliphatic rings. The molecule has 6 nitrogen and oxygen atoms in total. The van der Waals surface area contributed by atoms with Crippen molar-refractivity contribution in [1.82, 2.24) is 0 Å². The Labute approximate surface area is 116 Å². The SMILES string of the molecule is C[C@H]1Cc2cc([N+](=O)[O-])ccc2N1C(=O)[C@@H]1CCOC1. The Bertz CT molecular complexity index is 566. The van der Waals surface area contributed by atoms with Gasteiger partial charge in [-0.1, -0.05) is 0 Å². The van der Waals surface area contributed by atoms with Crippen LogP contribution in [0.4, 0.5) is 11.4 Å². The molecule has 1 saturated heterocycles. The van der Waals surface area contributed by atoms with Crippen molar-refractivity contribution in [3.8, 4) is 0 Å². The fourth-order valence-electron chi connectivity index (χ4n) is 2.99. The van der Waals surface area contributed by atoms with Crippen LogP contribution < -0.4 is 4.90 Å². The zero-order valence-corrected chi connectivity index (χ0v) is 11.2. The first-order chi connectivity index (χ1) is 9.58. The highest BCUT2D eigenvalue weighted by molar-refractivity contribution is 5.98. The molecule has 0 saturated carbocycles. The molecule has 1 aromatic rings. The minimum atomic E-state index is -0.403. The Balaban J connectivity index is 1.91. The summed E-state index contributed by atoms with van der Waals surface area (Å²) in [5, 5.41) is 10.8. The number of ether oxygens (including phenoxy) is 1. The monoisotopic (exact) mass is 276 g/mol. The zero-order chi connectivity index (χ0) is 14.3. The number of benzene rings is 1. The molecule has 1 aromatic carbocycles. The highest BCUT2D eigenvalue weighted by Crippen LogP contribution is 2.36. The van der Waals surface area contributed by atoms with Gasteiger partial charge in [-0.05, 0) is 31.4 Å². The van der Waals surface area contributed by atoms with Crippen LogP contribution in [0.2, 0.25) is 0 Å². The summed E-state index contributed by atoms with van der Waals surface area (Å²) in [6, 6.07) is 4.76. The average molecular weight is 276 g/mol. The minimum absolute atomic E-state index is 0.0418. The summed E-state index contributed by atoms with van der Waals surface area (Å²) in [5.41, 5.74) is 1.76. The van der Waals surface area contributed by atoms with Gasteiger partial charge in [0.25, 0.3) is 5.69 Å². The molecule has 0 aliphatic carbocycles. The second-order valence-electron chi connectivity index (χ2n) is 5.39. The first kappa shape index (κ1) is 13.1. The predicted octanol–water partition coefficient (Wildman–Crippen LogP) is 1.91. The molecule has 2 aliphatic heterocycles. The summed E-state index contributed by atoms with van der Waals surface area (Å²) in [4.78, 5) is 24.7. The first-order valence-electron chi connectivity index (χ1n) is 6.76. The Morgan fingerprint density at radius 1 is 1.50 bits per heavy atom. The molecule has 6 heteroatoms. The van der Waals surface area contributed by atoms with Crippen LogP contribution in [-0.2, 0) is 16.0 Å². The summed E-state index contributed by atoms with van der Waals surface area (Å²) in [5.74, 6) is -0.0128. The Kier molecular flexibility index (Phi) is 3.17. The normalized spacial score (nSPS) is 24.8. The van der Waals surface area contributed by atoms with E-state index < -0.39 is 4.92 Å². The molecule has 0 aromatic heterocycles. The second-order valence-corrected chi connectivity index (χ2v) is 5.39. The van der Waals surface area contributed by atoms with E-state index in [-0.39, 0.29) is 23.6 Å². The largest absolute Gasteiger partial charge is 0.381 e. The topological polar surface area (TPSA) is 72.7 Å². The summed E-state index contributed by atoms with van der Waals surface area (Å²) >= 11 is 0. The van der Waals surface area contributed by atoms with E-state index >= 15 is 0 Å². The summed E-state index contributed by atoms with van der Waals surface area (Å²) in [6.07, 6.45) is 1.42. The van der Waals surface area contributed by atoms with Crippen LogP contribution in [-0.4, -0.2) is 30.1 Å². The molecule has 2 atom stereocenters. The van der Waals surface area contributed by atoms with E-state index in [0.29, 0.717) is 19.6 Å². The van der Waals surface area contributed by atoms with Gasteiger partial charge in [-0.25, -0.2) is 0 Å². The third-order valence-electron chi connectivity index (χ3n) is 4.01.